The number of hydrogen-bond donors (Lipinski definition) is 1. The highest BCUT2D eigenvalue weighted by Gasteiger charge is 2.20. The summed E-state index contributed by atoms with van der Waals surface area (Å²) in [5.41, 5.74) is 2.99. The van der Waals surface area contributed by atoms with E-state index in [9.17, 15) is 4.39 Å². The molecule has 2 aromatic carbocycles. The second-order valence-electron chi connectivity index (χ2n) is 6.82. The molecule has 0 aliphatic carbocycles. The van der Waals surface area contributed by atoms with Gasteiger partial charge in [0.2, 0.25) is 0 Å². The summed E-state index contributed by atoms with van der Waals surface area (Å²) in [7, 11) is 0. The normalized spacial score (nSPS) is 14.2. The maximum atomic E-state index is 14.0. The summed E-state index contributed by atoms with van der Waals surface area (Å²) in [6, 6.07) is 17.2. The van der Waals surface area contributed by atoms with Crippen molar-refractivity contribution in [2.45, 2.75) is 13.3 Å². The minimum absolute atomic E-state index is 0.168. The number of para-hydroxylation sites is 2. The van der Waals surface area contributed by atoms with Crippen LogP contribution in [-0.4, -0.2) is 36.1 Å². The number of nitrogens with zero attached hydrogens (tertiary/aromatic N) is 4. The highest BCUT2D eigenvalue weighted by Crippen LogP contribution is 2.24. The number of nitrogens with one attached hydrogen (secondary N) is 1. The van der Waals surface area contributed by atoms with Gasteiger partial charge in [-0.3, -0.25) is 0 Å². The van der Waals surface area contributed by atoms with E-state index in [1.54, 1.807) is 12.4 Å². The van der Waals surface area contributed by atoms with E-state index in [-0.39, 0.29) is 5.82 Å². The van der Waals surface area contributed by atoms with E-state index in [4.69, 9.17) is 0 Å². The van der Waals surface area contributed by atoms with Gasteiger partial charge in [0.05, 0.1) is 5.69 Å². The van der Waals surface area contributed by atoms with E-state index in [1.807, 2.05) is 30.3 Å². The van der Waals surface area contributed by atoms with Crippen LogP contribution in [0.2, 0.25) is 0 Å². The summed E-state index contributed by atoms with van der Waals surface area (Å²) in [6.07, 6.45) is 2.55. The Morgan fingerprint density at radius 2 is 1.64 bits per heavy atom. The third kappa shape index (κ3) is 3.91. The van der Waals surface area contributed by atoms with Crippen LogP contribution in [0, 0.1) is 5.82 Å². The molecular weight excluding hydrogens is 353 g/mol. The van der Waals surface area contributed by atoms with E-state index < -0.39 is 0 Å². The molecule has 28 heavy (non-hydrogen) atoms. The largest absolute Gasteiger partial charge is 0.366 e. The van der Waals surface area contributed by atoms with Crippen molar-refractivity contribution in [2.75, 3.05) is 41.3 Å². The van der Waals surface area contributed by atoms with Gasteiger partial charge >= 0.3 is 0 Å². The number of rotatable bonds is 5. The molecule has 5 nitrogen and oxygen atoms in total. The third-order valence-corrected chi connectivity index (χ3v) is 5.11. The lowest BCUT2D eigenvalue weighted by molar-refractivity contribution is 0.596. The molecule has 3 aromatic rings. The van der Waals surface area contributed by atoms with Crippen molar-refractivity contribution in [1.29, 1.82) is 0 Å². The monoisotopic (exact) mass is 377 g/mol. The molecule has 0 atom stereocenters. The molecule has 144 valence electrons. The lowest BCUT2D eigenvalue weighted by Crippen LogP contribution is -2.47. The molecule has 2 heterocycles. The highest BCUT2D eigenvalue weighted by atomic mass is 19.1. The minimum Gasteiger partial charge on any atom is -0.366 e. The molecule has 0 unspecified atom stereocenters. The number of anilines is 4. The number of benzene rings is 2. The molecule has 1 aromatic heterocycles. The van der Waals surface area contributed by atoms with Crippen molar-refractivity contribution in [3.05, 3.63) is 72.3 Å². The predicted molar refractivity (Wildman–Crippen MR) is 112 cm³/mol. The van der Waals surface area contributed by atoms with Gasteiger partial charge in [0.25, 0.3) is 0 Å². The topological polar surface area (TPSA) is 44.3 Å². The Kier molecular flexibility index (Phi) is 5.37. The van der Waals surface area contributed by atoms with Gasteiger partial charge in [-0.1, -0.05) is 37.3 Å². The zero-order valence-corrected chi connectivity index (χ0v) is 16.0. The average molecular weight is 377 g/mol. The second-order valence-corrected chi connectivity index (χ2v) is 6.82. The van der Waals surface area contributed by atoms with Crippen molar-refractivity contribution < 1.29 is 4.39 Å². The maximum absolute atomic E-state index is 14.0. The molecule has 1 N–H and O–H groups in total. The van der Waals surface area contributed by atoms with Crippen LogP contribution >= 0.6 is 0 Å². The fraction of sp³-hybridized carbons (Fsp3) is 0.273. The summed E-state index contributed by atoms with van der Waals surface area (Å²) in [6.45, 7) is 5.23. The van der Waals surface area contributed by atoms with Crippen molar-refractivity contribution in [3.8, 4) is 0 Å². The van der Waals surface area contributed by atoms with Crippen molar-refractivity contribution >= 4 is 23.0 Å². The molecule has 1 aliphatic rings. The van der Waals surface area contributed by atoms with E-state index in [0.29, 0.717) is 5.69 Å². The lowest BCUT2D eigenvalue weighted by atomic mass is 10.1. The number of halogens is 1. The maximum Gasteiger partial charge on any atom is 0.146 e. The van der Waals surface area contributed by atoms with Crippen LogP contribution in [0.25, 0.3) is 0 Å². The first-order valence-electron chi connectivity index (χ1n) is 9.66. The molecule has 6 heteroatoms. The quantitative estimate of drug-likeness (QED) is 0.720. The lowest BCUT2D eigenvalue weighted by Gasteiger charge is -2.36. The van der Waals surface area contributed by atoms with Gasteiger partial charge in [-0.25, -0.2) is 14.4 Å². The Labute approximate surface area is 164 Å². The SMILES string of the molecule is CCc1ccccc1Nc1cc(N2CCN(c3ccccc3F)CC2)ncn1. The van der Waals surface area contributed by atoms with E-state index >= 15 is 0 Å². The van der Waals surface area contributed by atoms with Crippen LogP contribution in [-0.2, 0) is 6.42 Å². The smallest absolute Gasteiger partial charge is 0.146 e. The Morgan fingerprint density at radius 3 is 2.43 bits per heavy atom. The first-order valence-corrected chi connectivity index (χ1v) is 9.66. The Balaban J connectivity index is 1.45. The average Bonchev–Trinajstić information content (AvgIpc) is 2.75. The number of aryl methyl sites for hydroxylation is 1. The fourth-order valence-corrected chi connectivity index (χ4v) is 3.56. The van der Waals surface area contributed by atoms with Crippen LogP contribution < -0.4 is 15.1 Å². The zero-order chi connectivity index (χ0) is 19.3. The molecule has 1 aliphatic heterocycles. The molecule has 1 saturated heterocycles. The third-order valence-electron chi connectivity index (χ3n) is 5.11. The second kappa shape index (κ2) is 8.25. The van der Waals surface area contributed by atoms with Crippen molar-refractivity contribution in [2.24, 2.45) is 0 Å². The summed E-state index contributed by atoms with van der Waals surface area (Å²) in [4.78, 5) is 13.1. The standard InChI is InChI=1S/C22H24FN5/c1-2-17-7-3-5-9-19(17)26-21-15-22(25-16-24-21)28-13-11-27(12-14-28)20-10-6-4-8-18(20)23/h3-10,15-16H,2,11-14H2,1H3,(H,24,25,26). The van der Waals surface area contributed by atoms with Gasteiger partial charge in [0, 0.05) is 37.9 Å². The Hall–Kier alpha value is -3.15. The fourth-order valence-electron chi connectivity index (χ4n) is 3.56. The van der Waals surface area contributed by atoms with Gasteiger partial charge in [-0.05, 0) is 30.2 Å². The predicted octanol–water partition coefficient (Wildman–Crippen LogP) is 4.25. The molecule has 4 rings (SSSR count). The van der Waals surface area contributed by atoms with Crippen molar-refractivity contribution in [1.82, 2.24) is 9.97 Å². The molecule has 0 bridgehead atoms. The number of hydrogen-bond acceptors (Lipinski definition) is 5. The Bertz CT molecular complexity index is 937. The molecule has 1 fully saturated rings. The zero-order valence-electron chi connectivity index (χ0n) is 16.0. The molecular formula is C22H24FN5. The van der Waals surface area contributed by atoms with E-state index in [0.717, 1.165) is 49.9 Å². The van der Waals surface area contributed by atoms with Crippen LogP contribution in [0.1, 0.15) is 12.5 Å². The van der Waals surface area contributed by atoms with Gasteiger partial charge in [0.15, 0.2) is 0 Å². The summed E-state index contributed by atoms with van der Waals surface area (Å²) in [5, 5.41) is 3.41. The molecule has 0 amide bonds. The number of piperazine rings is 1. The minimum atomic E-state index is -0.168. The van der Waals surface area contributed by atoms with Crippen molar-refractivity contribution in [3.63, 3.8) is 0 Å². The molecule has 0 saturated carbocycles. The summed E-state index contributed by atoms with van der Waals surface area (Å²) < 4.78 is 14.0. The van der Waals surface area contributed by atoms with E-state index in [2.05, 4.69) is 44.1 Å². The first-order chi connectivity index (χ1) is 13.7. The van der Waals surface area contributed by atoms with Crippen LogP contribution in [0.4, 0.5) is 27.4 Å². The van der Waals surface area contributed by atoms with Gasteiger partial charge in [0.1, 0.15) is 23.8 Å². The summed E-state index contributed by atoms with van der Waals surface area (Å²) >= 11 is 0. The summed E-state index contributed by atoms with van der Waals surface area (Å²) in [5.74, 6) is 1.50. The van der Waals surface area contributed by atoms with Gasteiger partial charge in [-0.2, -0.15) is 0 Å². The molecule has 0 radical (unpaired) electrons. The van der Waals surface area contributed by atoms with Crippen LogP contribution in [0.3, 0.4) is 0 Å². The number of aromatic nitrogens is 2. The highest BCUT2D eigenvalue weighted by molar-refractivity contribution is 5.63. The Morgan fingerprint density at radius 1 is 0.929 bits per heavy atom. The van der Waals surface area contributed by atoms with Crippen LogP contribution in [0.5, 0.6) is 0 Å². The van der Waals surface area contributed by atoms with Gasteiger partial charge < -0.3 is 15.1 Å². The van der Waals surface area contributed by atoms with E-state index in [1.165, 1.54) is 11.6 Å². The molecule has 0 spiro atoms. The van der Waals surface area contributed by atoms with Crippen LogP contribution in [0.15, 0.2) is 60.9 Å². The van der Waals surface area contributed by atoms with Gasteiger partial charge in [-0.15, -0.1) is 0 Å². The first kappa shape index (κ1) is 18.2.